The predicted molar refractivity (Wildman–Crippen MR) is 135 cm³/mol. The van der Waals surface area contributed by atoms with Crippen molar-refractivity contribution in [2.45, 2.75) is 33.4 Å². The molecule has 0 aliphatic carbocycles. The summed E-state index contributed by atoms with van der Waals surface area (Å²) in [6, 6.07) is 12.7. The molecule has 0 saturated carbocycles. The van der Waals surface area contributed by atoms with E-state index in [0.717, 1.165) is 43.5 Å². The first-order chi connectivity index (χ1) is 14.2. The van der Waals surface area contributed by atoms with E-state index in [1.165, 1.54) is 11.1 Å². The van der Waals surface area contributed by atoms with Gasteiger partial charge in [-0.05, 0) is 43.5 Å². The van der Waals surface area contributed by atoms with Gasteiger partial charge in [0.25, 0.3) is 0 Å². The average Bonchev–Trinajstić information content (AvgIpc) is 2.76. The topological polar surface area (TPSA) is 53.0 Å². The van der Waals surface area contributed by atoms with Crippen LogP contribution in [-0.4, -0.2) is 55.7 Å². The molecule has 1 aromatic carbocycles. The maximum atomic E-state index is 6.05. The van der Waals surface area contributed by atoms with Crippen molar-refractivity contribution in [2.24, 2.45) is 4.99 Å². The molecule has 0 bridgehead atoms. The van der Waals surface area contributed by atoms with Gasteiger partial charge in [0.15, 0.2) is 5.96 Å². The minimum absolute atomic E-state index is 0. The molecule has 7 heteroatoms. The summed E-state index contributed by atoms with van der Waals surface area (Å²) in [5.41, 5.74) is 3.66. The third-order valence-corrected chi connectivity index (χ3v) is 5.46. The molecule has 1 atom stereocenters. The highest BCUT2D eigenvalue weighted by Gasteiger charge is 2.25. The molecule has 1 N–H and O–H groups in total. The Labute approximate surface area is 197 Å². The summed E-state index contributed by atoms with van der Waals surface area (Å²) in [6.07, 6.45) is 2.02. The molecule has 2 aromatic rings. The van der Waals surface area contributed by atoms with Crippen molar-refractivity contribution in [1.82, 2.24) is 15.2 Å². The minimum atomic E-state index is 0. The highest BCUT2D eigenvalue weighted by atomic mass is 127. The van der Waals surface area contributed by atoms with Crippen LogP contribution >= 0.6 is 24.0 Å². The molecule has 6 nitrogen and oxygen atoms in total. The molecule has 164 valence electrons. The molecule has 0 spiro atoms. The summed E-state index contributed by atoms with van der Waals surface area (Å²) in [6.45, 7) is 11.4. The number of rotatable bonds is 6. The molecular weight excluding hydrogens is 489 g/mol. The number of hydrogen-bond donors (Lipinski definition) is 1. The molecule has 2 heterocycles. The number of ether oxygens (including phenoxy) is 1. The molecule has 1 aliphatic rings. The Morgan fingerprint density at radius 3 is 2.63 bits per heavy atom. The summed E-state index contributed by atoms with van der Waals surface area (Å²) in [5.74, 6) is 1.93. The molecule has 1 saturated heterocycles. The molecule has 30 heavy (non-hydrogen) atoms. The second-order valence-corrected chi connectivity index (χ2v) is 7.26. The number of aryl methyl sites for hydroxylation is 1. The Kier molecular flexibility index (Phi) is 9.84. The van der Waals surface area contributed by atoms with Crippen LogP contribution in [0.2, 0.25) is 0 Å². The maximum Gasteiger partial charge on any atom is 0.194 e. The van der Waals surface area contributed by atoms with E-state index in [4.69, 9.17) is 4.74 Å². The van der Waals surface area contributed by atoms with Crippen molar-refractivity contribution in [3.05, 3.63) is 59.3 Å². The normalized spacial score (nSPS) is 16.7. The fraction of sp³-hybridized carbons (Fsp3) is 0.478. The molecule has 0 radical (unpaired) electrons. The Balaban J connectivity index is 0.00000320. The van der Waals surface area contributed by atoms with Crippen LogP contribution in [0, 0.1) is 6.92 Å². The van der Waals surface area contributed by atoms with Crippen molar-refractivity contribution in [2.75, 3.05) is 44.7 Å². The first-order valence-electron chi connectivity index (χ1n) is 10.5. The van der Waals surface area contributed by atoms with E-state index < -0.39 is 0 Å². The van der Waals surface area contributed by atoms with Crippen LogP contribution in [0.5, 0.6) is 0 Å². The summed E-state index contributed by atoms with van der Waals surface area (Å²) < 4.78 is 6.05. The second-order valence-electron chi connectivity index (χ2n) is 7.26. The van der Waals surface area contributed by atoms with Gasteiger partial charge in [-0.2, -0.15) is 0 Å². The van der Waals surface area contributed by atoms with E-state index in [9.17, 15) is 0 Å². The standard InChI is InChI=1S/C23H33N5O.HI/c1-5-27(6-2)22-12-11-19(15-25-22)16-26-23(24-4)28-13-14-29-21(17-28)20-10-8-7-9-18(20)3;/h7-12,15,21H,5-6,13-14,16-17H2,1-4H3,(H,24,26);1H. The van der Waals surface area contributed by atoms with Crippen LogP contribution < -0.4 is 10.2 Å². The monoisotopic (exact) mass is 523 g/mol. The lowest BCUT2D eigenvalue weighted by molar-refractivity contribution is -0.00834. The Hall–Kier alpha value is -1.87. The van der Waals surface area contributed by atoms with Crippen molar-refractivity contribution >= 4 is 35.8 Å². The molecule has 1 unspecified atom stereocenters. The van der Waals surface area contributed by atoms with Gasteiger partial charge in [0.05, 0.1) is 13.2 Å². The zero-order valence-electron chi connectivity index (χ0n) is 18.5. The summed E-state index contributed by atoms with van der Waals surface area (Å²) in [7, 11) is 1.84. The van der Waals surface area contributed by atoms with E-state index in [1.54, 1.807) is 0 Å². The number of hydrogen-bond acceptors (Lipinski definition) is 4. The van der Waals surface area contributed by atoms with Gasteiger partial charge in [-0.3, -0.25) is 4.99 Å². The average molecular weight is 523 g/mol. The van der Waals surface area contributed by atoms with Gasteiger partial charge < -0.3 is 19.9 Å². The van der Waals surface area contributed by atoms with Crippen molar-refractivity contribution in [3.8, 4) is 0 Å². The Morgan fingerprint density at radius 1 is 1.23 bits per heavy atom. The predicted octanol–water partition coefficient (Wildman–Crippen LogP) is 4.00. The van der Waals surface area contributed by atoms with Crippen LogP contribution in [0.15, 0.2) is 47.6 Å². The zero-order chi connectivity index (χ0) is 20.6. The first kappa shape index (κ1) is 24.4. The van der Waals surface area contributed by atoms with Crippen molar-refractivity contribution < 1.29 is 4.74 Å². The van der Waals surface area contributed by atoms with E-state index in [-0.39, 0.29) is 30.1 Å². The summed E-state index contributed by atoms with van der Waals surface area (Å²) in [4.78, 5) is 13.6. The van der Waals surface area contributed by atoms with Gasteiger partial charge in [0.2, 0.25) is 0 Å². The molecule has 1 fully saturated rings. The number of anilines is 1. The lowest BCUT2D eigenvalue weighted by Gasteiger charge is -2.35. The first-order valence-corrected chi connectivity index (χ1v) is 10.5. The molecule has 1 aromatic heterocycles. The van der Waals surface area contributed by atoms with E-state index >= 15 is 0 Å². The van der Waals surface area contributed by atoms with Gasteiger partial charge in [-0.25, -0.2) is 4.98 Å². The lowest BCUT2D eigenvalue weighted by Crippen LogP contribution is -2.48. The number of aromatic nitrogens is 1. The fourth-order valence-corrected chi connectivity index (χ4v) is 3.75. The van der Waals surface area contributed by atoms with E-state index in [1.807, 2.05) is 13.2 Å². The second kappa shape index (κ2) is 12.1. The van der Waals surface area contributed by atoms with Gasteiger partial charge in [0.1, 0.15) is 11.9 Å². The Bertz CT molecular complexity index is 807. The Morgan fingerprint density at radius 2 is 2.00 bits per heavy atom. The van der Waals surface area contributed by atoms with Crippen LogP contribution in [0.1, 0.15) is 36.6 Å². The van der Waals surface area contributed by atoms with Gasteiger partial charge in [0, 0.05) is 39.4 Å². The molecule has 3 rings (SSSR count). The summed E-state index contributed by atoms with van der Waals surface area (Å²) in [5, 5.41) is 3.49. The number of nitrogens with zero attached hydrogens (tertiary/aromatic N) is 4. The number of guanidine groups is 1. The van der Waals surface area contributed by atoms with Crippen molar-refractivity contribution in [3.63, 3.8) is 0 Å². The third kappa shape index (κ3) is 6.07. The third-order valence-electron chi connectivity index (χ3n) is 5.46. The number of halogens is 1. The van der Waals surface area contributed by atoms with E-state index in [2.05, 4.69) is 82.3 Å². The smallest absolute Gasteiger partial charge is 0.194 e. The van der Waals surface area contributed by atoms with Crippen LogP contribution in [0.4, 0.5) is 5.82 Å². The summed E-state index contributed by atoms with van der Waals surface area (Å²) >= 11 is 0. The largest absolute Gasteiger partial charge is 0.370 e. The van der Waals surface area contributed by atoms with Gasteiger partial charge in [-0.1, -0.05) is 30.3 Å². The SMILES string of the molecule is CCN(CC)c1ccc(CNC(=NC)N2CCOC(c3ccccc3C)C2)cn1.I. The zero-order valence-corrected chi connectivity index (χ0v) is 20.8. The quantitative estimate of drug-likeness (QED) is 0.353. The minimum Gasteiger partial charge on any atom is -0.370 e. The number of aliphatic imine (C=N–C) groups is 1. The van der Waals surface area contributed by atoms with Crippen LogP contribution in [-0.2, 0) is 11.3 Å². The van der Waals surface area contributed by atoms with Crippen LogP contribution in [0.25, 0.3) is 0 Å². The highest BCUT2D eigenvalue weighted by Crippen LogP contribution is 2.25. The highest BCUT2D eigenvalue weighted by molar-refractivity contribution is 14.0. The molecule has 0 amide bonds. The van der Waals surface area contributed by atoms with Gasteiger partial charge >= 0.3 is 0 Å². The van der Waals surface area contributed by atoms with Gasteiger partial charge in [-0.15, -0.1) is 24.0 Å². The fourth-order valence-electron chi connectivity index (χ4n) is 3.75. The van der Waals surface area contributed by atoms with E-state index in [0.29, 0.717) is 13.2 Å². The number of morpholine rings is 1. The van der Waals surface area contributed by atoms with Crippen LogP contribution in [0.3, 0.4) is 0 Å². The van der Waals surface area contributed by atoms with Crippen molar-refractivity contribution in [1.29, 1.82) is 0 Å². The maximum absolute atomic E-state index is 6.05. The molecular formula is C23H34IN5O. The lowest BCUT2D eigenvalue weighted by atomic mass is 10.0. The molecule has 1 aliphatic heterocycles. The number of benzene rings is 1. The number of nitrogens with one attached hydrogen (secondary N) is 1. The number of pyridine rings is 1.